The maximum absolute atomic E-state index is 12.6. The normalized spacial score (nSPS) is 16.7. The number of carbonyl (C=O) groups is 2. The molecule has 1 aromatic carbocycles. The van der Waals surface area contributed by atoms with Gasteiger partial charge in [0.1, 0.15) is 17.6 Å². The molecule has 2 heterocycles. The lowest BCUT2D eigenvalue weighted by Crippen LogP contribution is -2.50. The molecule has 1 saturated heterocycles. The van der Waals surface area contributed by atoms with E-state index in [0.717, 1.165) is 12.4 Å². The number of primary amides is 1. The van der Waals surface area contributed by atoms with Crippen LogP contribution in [0.4, 0.5) is 0 Å². The molecule has 26 heavy (non-hydrogen) atoms. The molecule has 1 fully saturated rings. The summed E-state index contributed by atoms with van der Waals surface area (Å²) in [6.45, 7) is 1.92. The number of nitrogens with zero attached hydrogens (tertiary/aromatic N) is 3. The second kappa shape index (κ2) is 8.68. The second-order valence-electron chi connectivity index (χ2n) is 5.88. The molecular weight excluding hydrogens is 358 g/mol. The standard InChI is InChI=1S/C17H21N5O3.ClH/c1-21-8-7-20-17(21)14-10-19-6-9-22(14)15(23)11-25-13-4-2-12(3-5-13)16(18)24;/h2-5,7-8,14,19H,6,9-11H2,1H3,(H2,18,24);1H. The van der Waals surface area contributed by atoms with Crippen LogP contribution in [0.15, 0.2) is 36.7 Å². The third-order valence-electron chi connectivity index (χ3n) is 4.22. The molecule has 0 bridgehead atoms. The summed E-state index contributed by atoms with van der Waals surface area (Å²) in [5.41, 5.74) is 5.60. The Morgan fingerprint density at radius 2 is 2.08 bits per heavy atom. The van der Waals surface area contributed by atoms with Crippen LogP contribution in [0.2, 0.25) is 0 Å². The average molecular weight is 380 g/mol. The fourth-order valence-corrected chi connectivity index (χ4v) is 2.88. The Balaban J connectivity index is 0.00000243. The fourth-order valence-electron chi connectivity index (χ4n) is 2.88. The van der Waals surface area contributed by atoms with Crippen molar-refractivity contribution in [3.8, 4) is 5.75 Å². The molecule has 1 unspecified atom stereocenters. The molecule has 1 aliphatic heterocycles. The van der Waals surface area contributed by atoms with Crippen molar-refractivity contribution in [2.45, 2.75) is 6.04 Å². The molecule has 0 spiro atoms. The first kappa shape index (κ1) is 19.7. The van der Waals surface area contributed by atoms with Crippen LogP contribution in [0.1, 0.15) is 22.2 Å². The topological polar surface area (TPSA) is 102 Å². The molecule has 3 N–H and O–H groups in total. The van der Waals surface area contributed by atoms with Gasteiger partial charge in [-0.2, -0.15) is 0 Å². The molecule has 9 heteroatoms. The van der Waals surface area contributed by atoms with E-state index in [2.05, 4.69) is 10.3 Å². The second-order valence-corrected chi connectivity index (χ2v) is 5.88. The minimum atomic E-state index is -0.499. The molecule has 3 rings (SSSR count). The van der Waals surface area contributed by atoms with Crippen LogP contribution in [-0.2, 0) is 11.8 Å². The monoisotopic (exact) mass is 379 g/mol. The molecule has 1 atom stereocenters. The van der Waals surface area contributed by atoms with Gasteiger partial charge in [0, 0.05) is 44.6 Å². The van der Waals surface area contributed by atoms with Gasteiger partial charge >= 0.3 is 0 Å². The maximum Gasteiger partial charge on any atom is 0.261 e. The van der Waals surface area contributed by atoms with Gasteiger partial charge in [-0.1, -0.05) is 0 Å². The Bertz CT molecular complexity index is 762. The van der Waals surface area contributed by atoms with E-state index in [1.54, 1.807) is 35.4 Å². The lowest BCUT2D eigenvalue weighted by molar-refractivity contribution is -0.137. The molecule has 0 radical (unpaired) electrons. The highest BCUT2D eigenvalue weighted by Crippen LogP contribution is 2.21. The summed E-state index contributed by atoms with van der Waals surface area (Å²) < 4.78 is 7.48. The highest BCUT2D eigenvalue weighted by molar-refractivity contribution is 5.92. The summed E-state index contributed by atoms with van der Waals surface area (Å²) in [5, 5.41) is 3.29. The van der Waals surface area contributed by atoms with Gasteiger partial charge in [-0.05, 0) is 24.3 Å². The zero-order valence-electron chi connectivity index (χ0n) is 14.4. The number of hydrogen-bond donors (Lipinski definition) is 2. The lowest BCUT2D eigenvalue weighted by Gasteiger charge is -2.35. The predicted molar refractivity (Wildman–Crippen MR) is 98.2 cm³/mol. The van der Waals surface area contributed by atoms with Crippen LogP contribution in [0.3, 0.4) is 0 Å². The predicted octanol–water partition coefficient (Wildman–Crippen LogP) is 0.493. The number of aryl methyl sites for hydroxylation is 1. The van der Waals surface area contributed by atoms with Crippen molar-refractivity contribution in [2.75, 3.05) is 26.2 Å². The van der Waals surface area contributed by atoms with Crippen molar-refractivity contribution in [2.24, 2.45) is 12.8 Å². The molecule has 2 amide bonds. The maximum atomic E-state index is 12.6. The van der Waals surface area contributed by atoms with Gasteiger partial charge in [0.15, 0.2) is 6.61 Å². The van der Waals surface area contributed by atoms with Crippen molar-refractivity contribution in [3.05, 3.63) is 48.0 Å². The Labute approximate surface area is 157 Å². The summed E-state index contributed by atoms with van der Waals surface area (Å²) >= 11 is 0. The smallest absolute Gasteiger partial charge is 0.261 e. The van der Waals surface area contributed by atoms with Gasteiger partial charge in [-0.25, -0.2) is 4.98 Å². The highest BCUT2D eigenvalue weighted by atomic mass is 35.5. The number of nitrogens with two attached hydrogens (primary N) is 1. The van der Waals surface area contributed by atoms with Crippen LogP contribution < -0.4 is 15.8 Å². The minimum Gasteiger partial charge on any atom is -0.484 e. The van der Waals surface area contributed by atoms with Gasteiger partial charge in [0.2, 0.25) is 5.91 Å². The molecule has 1 aliphatic rings. The number of nitrogens with one attached hydrogen (secondary N) is 1. The summed E-state index contributed by atoms with van der Waals surface area (Å²) in [4.78, 5) is 29.8. The lowest BCUT2D eigenvalue weighted by atomic mass is 10.1. The minimum absolute atomic E-state index is 0. The highest BCUT2D eigenvalue weighted by Gasteiger charge is 2.30. The van der Waals surface area contributed by atoms with E-state index in [1.165, 1.54) is 0 Å². The zero-order valence-corrected chi connectivity index (χ0v) is 15.2. The summed E-state index contributed by atoms with van der Waals surface area (Å²) in [5.74, 6) is 0.753. The average Bonchev–Trinajstić information content (AvgIpc) is 3.06. The van der Waals surface area contributed by atoms with Gasteiger partial charge in [-0.3, -0.25) is 9.59 Å². The number of rotatable bonds is 5. The quantitative estimate of drug-likeness (QED) is 0.787. The van der Waals surface area contributed by atoms with E-state index in [0.29, 0.717) is 24.4 Å². The first-order chi connectivity index (χ1) is 12.1. The molecule has 2 aromatic rings. The number of aromatic nitrogens is 2. The molecule has 8 nitrogen and oxygen atoms in total. The van der Waals surface area contributed by atoms with Crippen molar-refractivity contribution in [1.29, 1.82) is 0 Å². The van der Waals surface area contributed by atoms with Crippen LogP contribution in [0.25, 0.3) is 0 Å². The summed E-state index contributed by atoms with van der Waals surface area (Å²) in [6.07, 6.45) is 3.59. The molecule has 1 aromatic heterocycles. The number of benzene rings is 1. The van der Waals surface area contributed by atoms with Crippen molar-refractivity contribution >= 4 is 24.2 Å². The van der Waals surface area contributed by atoms with Crippen LogP contribution in [-0.4, -0.2) is 52.5 Å². The number of imidazole rings is 1. The Morgan fingerprint density at radius 3 is 2.69 bits per heavy atom. The number of carbonyl (C=O) groups excluding carboxylic acids is 2. The SMILES string of the molecule is Cl.Cn1ccnc1C1CNCCN1C(=O)COc1ccc(C(N)=O)cc1. The van der Waals surface area contributed by atoms with E-state index in [-0.39, 0.29) is 31.0 Å². The van der Waals surface area contributed by atoms with E-state index in [1.807, 2.05) is 17.8 Å². The molecule has 0 saturated carbocycles. The first-order valence-electron chi connectivity index (χ1n) is 8.06. The summed E-state index contributed by atoms with van der Waals surface area (Å²) in [6, 6.07) is 6.28. The van der Waals surface area contributed by atoms with Crippen molar-refractivity contribution in [1.82, 2.24) is 19.8 Å². The number of amides is 2. The van der Waals surface area contributed by atoms with E-state index in [9.17, 15) is 9.59 Å². The Hall–Kier alpha value is -2.58. The van der Waals surface area contributed by atoms with Gasteiger partial charge in [-0.15, -0.1) is 12.4 Å². The Kier molecular flexibility index (Phi) is 6.59. The first-order valence-corrected chi connectivity index (χ1v) is 8.06. The number of ether oxygens (including phenoxy) is 1. The van der Waals surface area contributed by atoms with Gasteiger partial charge in [0.05, 0.1) is 0 Å². The zero-order chi connectivity index (χ0) is 17.8. The molecular formula is C17H22ClN5O3. The summed E-state index contributed by atoms with van der Waals surface area (Å²) in [7, 11) is 1.91. The number of halogens is 1. The Morgan fingerprint density at radius 1 is 1.35 bits per heavy atom. The van der Waals surface area contributed by atoms with E-state index in [4.69, 9.17) is 10.5 Å². The van der Waals surface area contributed by atoms with Crippen LogP contribution in [0.5, 0.6) is 5.75 Å². The largest absolute Gasteiger partial charge is 0.484 e. The van der Waals surface area contributed by atoms with Crippen LogP contribution in [0, 0.1) is 0 Å². The number of hydrogen-bond acceptors (Lipinski definition) is 5. The van der Waals surface area contributed by atoms with Gasteiger partial charge < -0.3 is 25.3 Å². The molecule has 0 aliphatic carbocycles. The van der Waals surface area contributed by atoms with E-state index < -0.39 is 5.91 Å². The third kappa shape index (κ3) is 4.33. The van der Waals surface area contributed by atoms with Crippen molar-refractivity contribution in [3.63, 3.8) is 0 Å². The van der Waals surface area contributed by atoms with E-state index >= 15 is 0 Å². The van der Waals surface area contributed by atoms with Crippen molar-refractivity contribution < 1.29 is 14.3 Å². The van der Waals surface area contributed by atoms with Crippen LogP contribution >= 0.6 is 12.4 Å². The van der Waals surface area contributed by atoms with Gasteiger partial charge in [0.25, 0.3) is 5.91 Å². The molecule has 140 valence electrons. The fraction of sp³-hybridized carbons (Fsp3) is 0.353. The third-order valence-corrected chi connectivity index (χ3v) is 4.22. The number of piperazine rings is 1.